The SMILES string of the molecule is CC1(C)CCC(C)(C)c2cc(C3(C)COc4ccc(C(=O)[O-])cc43)ccc21. The predicted octanol–water partition coefficient (Wildman–Crippen LogP) is 4.10. The zero-order valence-electron chi connectivity index (χ0n) is 16.8. The average Bonchev–Trinajstić information content (AvgIpc) is 2.96. The predicted molar refractivity (Wildman–Crippen MR) is 104 cm³/mol. The fourth-order valence-corrected chi connectivity index (χ4v) is 4.68. The van der Waals surface area contributed by atoms with Crippen molar-refractivity contribution in [3.05, 3.63) is 64.2 Å². The van der Waals surface area contributed by atoms with Gasteiger partial charge in [0.25, 0.3) is 0 Å². The number of aromatic carboxylic acids is 1. The molecule has 142 valence electrons. The highest BCUT2D eigenvalue weighted by molar-refractivity contribution is 5.86. The standard InChI is InChI=1S/C24H28O3/c1-22(2)10-11-23(3,4)18-13-16(7-8-17(18)22)24(5)14-27-20-9-6-15(21(25)26)12-19(20)24/h6-9,12-13H,10-11,14H2,1-5H3,(H,25,26)/p-1. The first-order valence-corrected chi connectivity index (χ1v) is 9.69. The van der Waals surface area contributed by atoms with Gasteiger partial charge in [0.2, 0.25) is 0 Å². The fourth-order valence-electron chi connectivity index (χ4n) is 4.68. The van der Waals surface area contributed by atoms with E-state index in [9.17, 15) is 9.90 Å². The van der Waals surface area contributed by atoms with E-state index in [4.69, 9.17) is 4.74 Å². The van der Waals surface area contributed by atoms with Crippen molar-refractivity contribution < 1.29 is 14.6 Å². The van der Waals surface area contributed by atoms with Gasteiger partial charge in [-0.15, -0.1) is 0 Å². The summed E-state index contributed by atoms with van der Waals surface area (Å²) in [6, 6.07) is 11.8. The Labute approximate surface area is 161 Å². The number of carboxylic acid groups (broad SMARTS) is 1. The molecule has 3 nitrogen and oxygen atoms in total. The molecule has 4 rings (SSSR count). The molecule has 1 aliphatic heterocycles. The Morgan fingerprint density at radius 1 is 0.889 bits per heavy atom. The summed E-state index contributed by atoms with van der Waals surface area (Å²) in [5.41, 5.74) is 5.08. The van der Waals surface area contributed by atoms with Gasteiger partial charge in [-0.1, -0.05) is 45.9 Å². The van der Waals surface area contributed by atoms with Crippen LogP contribution in [0, 0.1) is 0 Å². The Bertz CT molecular complexity index is 939. The lowest BCUT2D eigenvalue weighted by atomic mass is 9.62. The number of benzene rings is 2. The smallest absolute Gasteiger partial charge is 0.123 e. The Balaban J connectivity index is 1.87. The van der Waals surface area contributed by atoms with E-state index in [1.165, 1.54) is 23.1 Å². The van der Waals surface area contributed by atoms with Crippen LogP contribution in [0.3, 0.4) is 0 Å². The van der Waals surface area contributed by atoms with Crippen LogP contribution in [0.4, 0.5) is 0 Å². The number of rotatable bonds is 2. The molecule has 0 saturated carbocycles. The number of carbonyl (C=O) groups excluding carboxylic acids is 1. The van der Waals surface area contributed by atoms with Crippen LogP contribution in [0.5, 0.6) is 5.75 Å². The van der Waals surface area contributed by atoms with Gasteiger partial charge in [0, 0.05) is 5.56 Å². The molecule has 0 bridgehead atoms. The molecule has 1 aliphatic carbocycles. The van der Waals surface area contributed by atoms with Crippen LogP contribution >= 0.6 is 0 Å². The first kappa shape index (κ1) is 18.1. The van der Waals surface area contributed by atoms with Crippen LogP contribution < -0.4 is 9.84 Å². The van der Waals surface area contributed by atoms with Crippen molar-refractivity contribution in [1.29, 1.82) is 0 Å². The zero-order chi connectivity index (χ0) is 19.6. The molecule has 1 heterocycles. The number of hydrogen-bond donors (Lipinski definition) is 0. The first-order valence-electron chi connectivity index (χ1n) is 9.69. The third-order valence-electron chi connectivity index (χ3n) is 6.82. The minimum Gasteiger partial charge on any atom is -0.545 e. The third kappa shape index (κ3) is 2.67. The van der Waals surface area contributed by atoms with Gasteiger partial charge in [-0.05, 0) is 71.0 Å². The molecule has 0 N–H and O–H groups in total. The van der Waals surface area contributed by atoms with Gasteiger partial charge in [0.1, 0.15) is 12.4 Å². The zero-order valence-corrected chi connectivity index (χ0v) is 16.8. The molecule has 0 amide bonds. The largest absolute Gasteiger partial charge is 0.545 e. The van der Waals surface area contributed by atoms with Crippen LogP contribution in [0.15, 0.2) is 36.4 Å². The molecule has 27 heavy (non-hydrogen) atoms. The first-order chi connectivity index (χ1) is 12.5. The lowest BCUT2D eigenvalue weighted by molar-refractivity contribution is -0.255. The van der Waals surface area contributed by atoms with Crippen molar-refractivity contribution >= 4 is 5.97 Å². The topological polar surface area (TPSA) is 49.4 Å². The highest BCUT2D eigenvalue weighted by Gasteiger charge is 2.42. The summed E-state index contributed by atoms with van der Waals surface area (Å²) >= 11 is 0. The minimum atomic E-state index is -1.15. The molecule has 3 heteroatoms. The van der Waals surface area contributed by atoms with E-state index < -0.39 is 5.97 Å². The maximum atomic E-state index is 11.3. The molecular formula is C24H27O3-. The summed E-state index contributed by atoms with van der Waals surface area (Å²) in [5.74, 6) is -0.389. The summed E-state index contributed by atoms with van der Waals surface area (Å²) in [7, 11) is 0. The summed E-state index contributed by atoms with van der Waals surface area (Å²) < 4.78 is 5.93. The van der Waals surface area contributed by atoms with E-state index >= 15 is 0 Å². The second kappa shape index (κ2) is 5.60. The number of carboxylic acids is 1. The normalized spacial score (nSPS) is 24.6. The maximum Gasteiger partial charge on any atom is 0.123 e. The Morgan fingerprint density at radius 3 is 2.22 bits per heavy atom. The molecule has 0 saturated heterocycles. The van der Waals surface area contributed by atoms with E-state index in [1.807, 2.05) is 0 Å². The van der Waals surface area contributed by atoms with Gasteiger partial charge in [-0.25, -0.2) is 0 Å². The van der Waals surface area contributed by atoms with Crippen molar-refractivity contribution in [3.63, 3.8) is 0 Å². The number of carbonyl (C=O) groups is 1. The molecule has 0 spiro atoms. The van der Waals surface area contributed by atoms with Crippen LogP contribution in [0.1, 0.15) is 80.1 Å². The van der Waals surface area contributed by atoms with Crippen LogP contribution in [0.2, 0.25) is 0 Å². The Morgan fingerprint density at radius 2 is 1.56 bits per heavy atom. The summed E-state index contributed by atoms with van der Waals surface area (Å²) in [6.45, 7) is 11.9. The average molecular weight is 363 g/mol. The minimum absolute atomic E-state index is 0.131. The van der Waals surface area contributed by atoms with E-state index in [2.05, 4.69) is 52.8 Å². The summed E-state index contributed by atoms with van der Waals surface area (Å²) in [5, 5.41) is 11.3. The second-order valence-corrected chi connectivity index (χ2v) is 9.65. The number of fused-ring (bicyclic) bond motifs is 2. The monoisotopic (exact) mass is 363 g/mol. The third-order valence-corrected chi connectivity index (χ3v) is 6.82. The quantitative estimate of drug-likeness (QED) is 0.807. The highest BCUT2D eigenvalue weighted by Crippen LogP contribution is 2.49. The molecule has 1 atom stereocenters. The number of ether oxygens (including phenoxy) is 1. The van der Waals surface area contributed by atoms with Gasteiger partial charge in [0.15, 0.2) is 0 Å². The van der Waals surface area contributed by atoms with E-state index in [1.54, 1.807) is 18.2 Å². The van der Waals surface area contributed by atoms with Gasteiger partial charge < -0.3 is 14.6 Å². The molecule has 1 unspecified atom stereocenters. The van der Waals surface area contributed by atoms with Crippen molar-refractivity contribution in [1.82, 2.24) is 0 Å². The maximum absolute atomic E-state index is 11.3. The summed E-state index contributed by atoms with van der Waals surface area (Å²) in [4.78, 5) is 11.3. The molecule has 2 aromatic carbocycles. The lowest BCUT2D eigenvalue weighted by Gasteiger charge is -2.42. The molecule has 0 fully saturated rings. The molecular weight excluding hydrogens is 336 g/mol. The van der Waals surface area contributed by atoms with Gasteiger partial charge in [-0.2, -0.15) is 0 Å². The fraction of sp³-hybridized carbons (Fsp3) is 0.458. The van der Waals surface area contributed by atoms with Crippen LogP contribution in [0.25, 0.3) is 0 Å². The van der Waals surface area contributed by atoms with Crippen molar-refractivity contribution in [2.75, 3.05) is 6.61 Å². The Hall–Kier alpha value is -2.29. The van der Waals surface area contributed by atoms with E-state index in [-0.39, 0.29) is 21.8 Å². The van der Waals surface area contributed by atoms with Crippen LogP contribution in [-0.4, -0.2) is 12.6 Å². The molecule has 0 aromatic heterocycles. The lowest BCUT2D eigenvalue weighted by Crippen LogP contribution is -2.35. The number of hydrogen-bond acceptors (Lipinski definition) is 3. The molecule has 2 aliphatic rings. The second-order valence-electron chi connectivity index (χ2n) is 9.65. The van der Waals surface area contributed by atoms with Gasteiger partial charge in [0.05, 0.1) is 11.4 Å². The Kier molecular flexibility index (Phi) is 3.76. The van der Waals surface area contributed by atoms with Crippen molar-refractivity contribution in [3.8, 4) is 5.75 Å². The molecule has 2 aromatic rings. The molecule has 0 radical (unpaired) electrons. The van der Waals surface area contributed by atoms with Gasteiger partial charge in [-0.3, -0.25) is 0 Å². The van der Waals surface area contributed by atoms with Crippen molar-refractivity contribution in [2.24, 2.45) is 0 Å². The van der Waals surface area contributed by atoms with Crippen LogP contribution in [-0.2, 0) is 16.2 Å². The van der Waals surface area contributed by atoms with E-state index in [0.717, 1.165) is 17.7 Å². The van der Waals surface area contributed by atoms with Crippen molar-refractivity contribution in [2.45, 2.75) is 63.7 Å². The summed E-state index contributed by atoms with van der Waals surface area (Å²) in [6.07, 6.45) is 2.35. The highest BCUT2D eigenvalue weighted by atomic mass is 16.5. The van der Waals surface area contributed by atoms with E-state index in [0.29, 0.717) is 6.61 Å². The van der Waals surface area contributed by atoms with Gasteiger partial charge >= 0.3 is 0 Å².